The minimum atomic E-state index is -0.582. The maximum absolute atomic E-state index is 12.2. The lowest BCUT2D eigenvalue weighted by molar-refractivity contribution is 0.415. The first-order valence-electron chi connectivity index (χ1n) is 7.70. The summed E-state index contributed by atoms with van der Waals surface area (Å²) in [7, 11) is 1.60. The van der Waals surface area contributed by atoms with E-state index in [4.69, 9.17) is 9.15 Å². The molecule has 1 aromatic carbocycles. The Morgan fingerprint density at radius 3 is 2.48 bits per heavy atom. The monoisotopic (exact) mass is 310 g/mol. The Bertz CT molecular complexity index is 781. The van der Waals surface area contributed by atoms with Gasteiger partial charge in [-0.3, -0.25) is 0 Å². The van der Waals surface area contributed by atoms with Crippen LogP contribution in [0.3, 0.4) is 0 Å². The third-order valence-corrected chi connectivity index (χ3v) is 4.11. The Balaban J connectivity index is 2.06. The molecule has 118 valence electrons. The van der Waals surface area contributed by atoms with Crippen LogP contribution in [-0.4, -0.2) is 20.2 Å². The zero-order valence-corrected chi connectivity index (χ0v) is 13.0. The van der Waals surface area contributed by atoms with Gasteiger partial charge in [0.2, 0.25) is 0 Å². The van der Waals surface area contributed by atoms with Crippen molar-refractivity contribution in [2.75, 3.05) is 25.1 Å². The third-order valence-electron chi connectivity index (χ3n) is 4.11. The summed E-state index contributed by atoms with van der Waals surface area (Å²) >= 11 is 0. The molecular weight excluding hydrogens is 292 g/mol. The molecule has 23 heavy (non-hydrogen) atoms. The molecule has 0 aliphatic carbocycles. The smallest absolute Gasteiger partial charge is 0.356 e. The van der Waals surface area contributed by atoms with Gasteiger partial charge in [-0.05, 0) is 43.5 Å². The lowest BCUT2D eigenvalue weighted by atomic mass is 10.1. The second-order valence-electron chi connectivity index (χ2n) is 5.55. The molecule has 1 fully saturated rings. The standard InChI is InChI=1S/C18H18N2O3/c1-22-14-7-5-13(6-8-14)17-11-16(15(12-19)18(21)23-17)20-9-3-2-4-10-20/h5-8,11H,2-4,9-10H2,1H3. The fraction of sp³-hybridized carbons (Fsp3) is 0.333. The molecule has 0 radical (unpaired) electrons. The molecule has 3 rings (SSSR count). The second kappa shape index (κ2) is 6.57. The first kappa shape index (κ1) is 15.2. The number of nitrogens with zero attached hydrogens (tertiary/aromatic N) is 2. The van der Waals surface area contributed by atoms with E-state index in [2.05, 4.69) is 4.90 Å². The number of benzene rings is 1. The SMILES string of the molecule is COc1ccc(-c2cc(N3CCCCC3)c(C#N)c(=O)o2)cc1. The first-order chi connectivity index (χ1) is 11.2. The van der Waals surface area contributed by atoms with Crippen molar-refractivity contribution >= 4 is 5.69 Å². The van der Waals surface area contributed by atoms with Crippen LogP contribution in [0.2, 0.25) is 0 Å². The molecule has 2 heterocycles. The van der Waals surface area contributed by atoms with Crippen LogP contribution >= 0.6 is 0 Å². The van der Waals surface area contributed by atoms with E-state index in [0.29, 0.717) is 11.4 Å². The number of rotatable bonds is 3. The summed E-state index contributed by atoms with van der Waals surface area (Å²) in [6, 6.07) is 11.1. The van der Waals surface area contributed by atoms with Crippen LogP contribution in [-0.2, 0) is 0 Å². The second-order valence-corrected chi connectivity index (χ2v) is 5.55. The first-order valence-corrected chi connectivity index (χ1v) is 7.70. The lowest BCUT2D eigenvalue weighted by Gasteiger charge is -2.29. The Labute approximate surface area is 134 Å². The quantitative estimate of drug-likeness (QED) is 0.871. The molecule has 0 bridgehead atoms. The summed E-state index contributed by atoms with van der Waals surface area (Å²) in [5.74, 6) is 1.21. The van der Waals surface area contributed by atoms with Gasteiger partial charge in [-0.2, -0.15) is 5.26 Å². The van der Waals surface area contributed by atoms with Gasteiger partial charge in [-0.15, -0.1) is 0 Å². The minimum Gasteiger partial charge on any atom is -0.497 e. The predicted molar refractivity (Wildman–Crippen MR) is 87.7 cm³/mol. The van der Waals surface area contributed by atoms with Crippen LogP contribution in [0, 0.1) is 11.3 Å². The van der Waals surface area contributed by atoms with Gasteiger partial charge >= 0.3 is 5.63 Å². The number of hydrogen-bond donors (Lipinski definition) is 0. The van der Waals surface area contributed by atoms with E-state index in [0.717, 1.165) is 37.2 Å². The van der Waals surface area contributed by atoms with Crippen molar-refractivity contribution in [2.24, 2.45) is 0 Å². The van der Waals surface area contributed by atoms with E-state index < -0.39 is 5.63 Å². The summed E-state index contributed by atoms with van der Waals surface area (Å²) < 4.78 is 10.5. The summed E-state index contributed by atoms with van der Waals surface area (Å²) in [6.07, 6.45) is 3.33. The molecule has 5 heteroatoms. The molecule has 1 aromatic heterocycles. The van der Waals surface area contributed by atoms with E-state index >= 15 is 0 Å². The van der Waals surface area contributed by atoms with E-state index in [1.807, 2.05) is 30.3 Å². The summed E-state index contributed by atoms with van der Waals surface area (Å²) in [6.45, 7) is 1.72. The molecule has 2 aromatic rings. The van der Waals surface area contributed by atoms with Crippen LogP contribution < -0.4 is 15.3 Å². The Kier molecular flexibility index (Phi) is 4.33. The van der Waals surface area contributed by atoms with Gasteiger partial charge in [0.25, 0.3) is 0 Å². The molecule has 5 nitrogen and oxygen atoms in total. The van der Waals surface area contributed by atoms with Crippen molar-refractivity contribution in [1.82, 2.24) is 0 Å². The van der Waals surface area contributed by atoms with Crippen molar-refractivity contribution < 1.29 is 9.15 Å². The number of nitriles is 1. The van der Waals surface area contributed by atoms with Gasteiger partial charge in [-0.25, -0.2) is 4.79 Å². The van der Waals surface area contributed by atoms with Crippen LogP contribution in [0.4, 0.5) is 5.69 Å². The largest absolute Gasteiger partial charge is 0.497 e. The minimum absolute atomic E-state index is 0.0872. The third kappa shape index (κ3) is 3.07. The highest BCUT2D eigenvalue weighted by atomic mass is 16.5. The van der Waals surface area contributed by atoms with Gasteiger partial charge < -0.3 is 14.1 Å². The van der Waals surface area contributed by atoms with Crippen molar-refractivity contribution in [3.8, 4) is 23.1 Å². The topological polar surface area (TPSA) is 66.5 Å². The molecule has 0 amide bonds. The Hall–Kier alpha value is -2.74. The molecule has 0 spiro atoms. The summed E-state index contributed by atoms with van der Waals surface area (Å²) in [4.78, 5) is 14.3. The number of anilines is 1. The molecule has 0 saturated carbocycles. The van der Waals surface area contributed by atoms with Gasteiger partial charge in [0, 0.05) is 24.7 Å². The van der Waals surface area contributed by atoms with Crippen molar-refractivity contribution in [2.45, 2.75) is 19.3 Å². The highest BCUT2D eigenvalue weighted by molar-refractivity contribution is 5.67. The van der Waals surface area contributed by atoms with Crippen LogP contribution in [0.25, 0.3) is 11.3 Å². The maximum atomic E-state index is 12.2. The zero-order valence-electron chi connectivity index (χ0n) is 13.0. The highest BCUT2D eigenvalue weighted by Gasteiger charge is 2.19. The fourth-order valence-electron chi connectivity index (χ4n) is 2.87. The number of hydrogen-bond acceptors (Lipinski definition) is 5. The van der Waals surface area contributed by atoms with Crippen LogP contribution in [0.15, 0.2) is 39.5 Å². The fourth-order valence-corrected chi connectivity index (χ4v) is 2.87. The van der Waals surface area contributed by atoms with E-state index in [9.17, 15) is 10.1 Å². The average molecular weight is 310 g/mol. The van der Waals surface area contributed by atoms with Gasteiger partial charge in [0.15, 0.2) is 5.56 Å². The normalized spacial score (nSPS) is 14.3. The summed E-state index contributed by atoms with van der Waals surface area (Å²) in [5, 5.41) is 9.31. The average Bonchev–Trinajstić information content (AvgIpc) is 2.62. The van der Waals surface area contributed by atoms with Crippen molar-refractivity contribution in [3.05, 3.63) is 46.3 Å². The van der Waals surface area contributed by atoms with Gasteiger partial charge in [0.05, 0.1) is 12.8 Å². The van der Waals surface area contributed by atoms with Crippen molar-refractivity contribution in [3.63, 3.8) is 0 Å². The number of ether oxygens (including phenoxy) is 1. The molecule has 1 aliphatic rings. The van der Waals surface area contributed by atoms with E-state index in [1.54, 1.807) is 13.2 Å². The molecular formula is C18H18N2O3. The van der Waals surface area contributed by atoms with Gasteiger partial charge in [0.1, 0.15) is 17.6 Å². The lowest BCUT2D eigenvalue weighted by Crippen LogP contribution is -2.31. The predicted octanol–water partition coefficient (Wildman–Crippen LogP) is 3.18. The zero-order chi connectivity index (χ0) is 16.2. The molecule has 0 atom stereocenters. The molecule has 0 N–H and O–H groups in total. The maximum Gasteiger partial charge on any atom is 0.356 e. The van der Waals surface area contributed by atoms with Crippen LogP contribution in [0.1, 0.15) is 24.8 Å². The number of methoxy groups -OCH3 is 1. The highest BCUT2D eigenvalue weighted by Crippen LogP contribution is 2.28. The number of piperidine rings is 1. The molecule has 0 unspecified atom stereocenters. The van der Waals surface area contributed by atoms with Crippen LogP contribution in [0.5, 0.6) is 5.75 Å². The summed E-state index contributed by atoms with van der Waals surface area (Å²) in [5.41, 5.74) is 0.963. The molecule has 1 saturated heterocycles. The van der Waals surface area contributed by atoms with E-state index in [-0.39, 0.29) is 5.56 Å². The Morgan fingerprint density at radius 2 is 1.87 bits per heavy atom. The van der Waals surface area contributed by atoms with Crippen molar-refractivity contribution in [1.29, 1.82) is 5.26 Å². The Morgan fingerprint density at radius 1 is 1.17 bits per heavy atom. The van der Waals surface area contributed by atoms with E-state index in [1.165, 1.54) is 6.42 Å². The molecule has 1 aliphatic heterocycles. The van der Waals surface area contributed by atoms with Gasteiger partial charge in [-0.1, -0.05) is 0 Å².